The molecule has 0 unspecified atom stereocenters. The summed E-state index contributed by atoms with van der Waals surface area (Å²) in [6.45, 7) is 1.31. The lowest BCUT2D eigenvalue weighted by atomic mass is 10.2. The predicted octanol–water partition coefficient (Wildman–Crippen LogP) is 4.36. The number of methoxy groups -OCH3 is 1. The maximum absolute atomic E-state index is 13.0. The van der Waals surface area contributed by atoms with Crippen LogP contribution in [0.1, 0.15) is 16.1 Å². The highest BCUT2D eigenvalue weighted by Crippen LogP contribution is 2.22. The quantitative estimate of drug-likeness (QED) is 0.605. The van der Waals surface area contributed by atoms with E-state index in [9.17, 15) is 4.79 Å². The van der Waals surface area contributed by atoms with E-state index in [2.05, 4.69) is 0 Å². The van der Waals surface area contributed by atoms with Crippen LogP contribution in [0.2, 0.25) is 0 Å². The minimum absolute atomic E-state index is 0.100. The van der Waals surface area contributed by atoms with Gasteiger partial charge in [0.05, 0.1) is 19.4 Å². The second-order valence-electron chi connectivity index (χ2n) is 5.74. The van der Waals surface area contributed by atoms with Crippen molar-refractivity contribution >= 4 is 5.91 Å². The van der Waals surface area contributed by atoms with Gasteiger partial charge in [0.25, 0.3) is 5.91 Å². The number of hydrogen-bond acceptors (Lipinski definition) is 4. The molecule has 0 aliphatic heterocycles. The standard InChI is InChI=1S/C21H21NO4/c1-24-14-12-22(16-20-11-6-13-25-20)21(23)17-7-5-10-19(15-17)26-18-8-3-2-4-9-18/h2-11,13,15H,12,14,16H2,1H3. The minimum Gasteiger partial charge on any atom is -0.467 e. The largest absolute Gasteiger partial charge is 0.467 e. The molecule has 1 heterocycles. The third-order valence-corrected chi connectivity index (χ3v) is 3.84. The molecule has 0 saturated heterocycles. The van der Waals surface area contributed by atoms with Crippen LogP contribution in [-0.2, 0) is 11.3 Å². The summed E-state index contributed by atoms with van der Waals surface area (Å²) in [5.41, 5.74) is 0.557. The Morgan fingerprint density at radius 1 is 1.00 bits per heavy atom. The number of carbonyl (C=O) groups excluding carboxylic acids is 1. The van der Waals surface area contributed by atoms with Gasteiger partial charge in [-0.25, -0.2) is 0 Å². The first-order chi connectivity index (χ1) is 12.8. The Labute approximate surface area is 152 Å². The van der Waals surface area contributed by atoms with Crippen molar-refractivity contribution in [1.82, 2.24) is 4.90 Å². The number of ether oxygens (including phenoxy) is 2. The number of para-hydroxylation sites is 1. The van der Waals surface area contributed by atoms with E-state index in [1.807, 2.05) is 54.6 Å². The van der Waals surface area contributed by atoms with Crippen LogP contribution >= 0.6 is 0 Å². The van der Waals surface area contributed by atoms with Crippen molar-refractivity contribution in [2.75, 3.05) is 20.3 Å². The molecule has 0 fully saturated rings. The van der Waals surface area contributed by atoms with Crippen LogP contribution in [-0.4, -0.2) is 31.1 Å². The van der Waals surface area contributed by atoms with Gasteiger partial charge in [0.2, 0.25) is 0 Å². The topological polar surface area (TPSA) is 51.9 Å². The Hall–Kier alpha value is -3.05. The van der Waals surface area contributed by atoms with Crippen molar-refractivity contribution < 1.29 is 18.7 Å². The summed E-state index contributed by atoms with van der Waals surface area (Å²) in [6, 6.07) is 20.3. The van der Waals surface area contributed by atoms with E-state index in [1.54, 1.807) is 30.4 Å². The van der Waals surface area contributed by atoms with Crippen molar-refractivity contribution in [2.45, 2.75) is 6.54 Å². The van der Waals surface area contributed by atoms with Gasteiger partial charge in [-0.2, -0.15) is 0 Å². The predicted molar refractivity (Wildman–Crippen MR) is 98.3 cm³/mol. The third-order valence-electron chi connectivity index (χ3n) is 3.84. The lowest BCUT2D eigenvalue weighted by molar-refractivity contribution is 0.0666. The zero-order valence-corrected chi connectivity index (χ0v) is 14.6. The fourth-order valence-corrected chi connectivity index (χ4v) is 2.54. The van der Waals surface area contributed by atoms with Crippen molar-refractivity contribution in [3.05, 3.63) is 84.3 Å². The molecule has 0 saturated carbocycles. The van der Waals surface area contributed by atoms with Gasteiger partial charge >= 0.3 is 0 Å². The summed E-state index contributed by atoms with van der Waals surface area (Å²) >= 11 is 0. The van der Waals surface area contributed by atoms with E-state index in [1.165, 1.54) is 0 Å². The number of nitrogens with zero attached hydrogens (tertiary/aromatic N) is 1. The van der Waals surface area contributed by atoms with Gasteiger partial charge in [0, 0.05) is 19.2 Å². The van der Waals surface area contributed by atoms with Gasteiger partial charge < -0.3 is 18.8 Å². The van der Waals surface area contributed by atoms with Crippen LogP contribution in [0, 0.1) is 0 Å². The minimum atomic E-state index is -0.100. The lowest BCUT2D eigenvalue weighted by Crippen LogP contribution is -2.33. The summed E-state index contributed by atoms with van der Waals surface area (Å²) in [6.07, 6.45) is 1.60. The Bertz CT molecular complexity index is 815. The van der Waals surface area contributed by atoms with Crippen molar-refractivity contribution in [1.29, 1.82) is 0 Å². The molecule has 1 amide bonds. The third kappa shape index (κ3) is 4.74. The Kier molecular flexibility index (Phi) is 6.06. The van der Waals surface area contributed by atoms with Gasteiger partial charge in [0.15, 0.2) is 0 Å². The van der Waals surface area contributed by atoms with Crippen LogP contribution < -0.4 is 4.74 Å². The molecule has 5 nitrogen and oxygen atoms in total. The number of rotatable bonds is 8. The molecule has 0 N–H and O–H groups in total. The zero-order valence-electron chi connectivity index (χ0n) is 14.6. The van der Waals surface area contributed by atoms with E-state index < -0.39 is 0 Å². The van der Waals surface area contributed by atoms with E-state index in [4.69, 9.17) is 13.9 Å². The highest BCUT2D eigenvalue weighted by atomic mass is 16.5. The number of carbonyl (C=O) groups is 1. The highest BCUT2D eigenvalue weighted by molar-refractivity contribution is 5.94. The molecule has 0 bridgehead atoms. The fourth-order valence-electron chi connectivity index (χ4n) is 2.54. The first-order valence-electron chi connectivity index (χ1n) is 8.40. The Morgan fingerprint density at radius 3 is 2.54 bits per heavy atom. The summed E-state index contributed by atoms with van der Waals surface area (Å²) in [7, 11) is 1.61. The van der Waals surface area contributed by atoms with E-state index in [0.29, 0.717) is 31.0 Å². The number of hydrogen-bond donors (Lipinski definition) is 0. The molecular formula is C21H21NO4. The SMILES string of the molecule is COCCN(Cc1ccco1)C(=O)c1cccc(Oc2ccccc2)c1. The van der Waals surface area contributed by atoms with Gasteiger partial charge in [-0.1, -0.05) is 24.3 Å². The van der Waals surface area contributed by atoms with E-state index in [-0.39, 0.29) is 5.91 Å². The van der Waals surface area contributed by atoms with Crippen molar-refractivity contribution in [3.63, 3.8) is 0 Å². The molecule has 0 spiro atoms. The van der Waals surface area contributed by atoms with E-state index in [0.717, 1.165) is 11.5 Å². The molecule has 2 aromatic carbocycles. The van der Waals surface area contributed by atoms with Gasteiger partial charge in [-0.3, -0.25) is 4.79 Å². The second kappa shape index (κ2) is 8.87. The highest BCUT2D eigenvalue weighted by Gasteiger charge is 2.18. The lowest BCUT2D eigenvalue weighted by Gasteiger charge is -2.21. The van der Waals surface area contributed by atoms with Crippen LogP contribution in [0.4, 0.5) is 0 Å². The Balaban J connectivity index is 1.76. The molecule has 0 atom stereocenters. The maximum atomic E-state index is 13.0. The molecular weight excluding hydrogens is 330 g/mol. The molecule has 0 aliphatic rings. The summed E-state index contributed by atoms with van der Waals surface area (Å²) in [4.78, 5) is 14.7. The smallest absolute Gasteiger partial charge is 0.254 e. The number of benzene rings is 2. The van der Waals surface area contributed by atoms with E-state index >= 15 is 0 Å². The molecule has 0 radical (unpaired) electrons. The number of furan rings is 1. The second-order valence-corrected chi connectivity index (χ2v) is 5.74. The first-order valence-corrected chi connectivity index (χ1v) is 8.40. The van der Waals surface area contributed by atoms with Crippen molar-refractivity contribution in [3.8, 4) is 11.5 Å². The number of amides is 1. The molecule has 5 heteroatoms. The Morgan fingerprint density at radius 2 is 1.81 bits per heavy atom. The molecule has 26 heavy (non-hydrogen) atoms. The monoisotopic (exact) mass is 351 g/mol. The molecule has 0 aliphatic carbocycles. The zero-order chi connectivity index (χ0) is 18.2. The molecule has 3 aromatic rings. The van der Waals surface area contributed by atoms with Crippen molar-refractivity contribution in [2.24, 2.45) is 0 Å². The summed E-state index contributed by atoms with van der Waals surface area (Å²) < 4.78 is 16.3. The molecule has 3 rings (SSSR count). The van der Waals surface area contributed by atoms with Crippen LogP contribution in [0.15, 0.2) is 77.4 Å². The fraction of sp³-hybridized carbons (Fsp3) is 0.190. The van der Waals surface area contributed by atoms with Crippen LogP contribution in [0.5, 0.6) is 11.5 Å². The van der Waals surface area contributed by atoms with Crippen LogP contribution in [0.25, 0.3) is 0 Å². The molecule has 134 valence electrons. The average Bonchev–Trinajstić information content (AvgIpc) is 3.19. The first kappa shape index (κ1) is 17.8. The van der Waals surface area contributed by atoms with Crippen LogP contribution in [0.3, 0.4) is 0 Å². The van der Waals surface area contributed by atoms with Gasteiger partial charge in [0.1, 0.15) is 17.3 Å². The normalized spacial score (nSPS) is 10.5. The summed E-state index contributed by atoms with van der Waals surface area (Å²) in [5.74, 6) is 1.97. The summed E-state index contributed by atoms with van der Waals surface area (Å²) in [5, 5.41) is 0. The van der Waals surface area contributed by atoms with Gasteiger partial charge in [-0.05, 0) is 42.5 Å². The average molecular weight is 351 g/mol. The maximum Gasteiger partial charge on any atom is 0.254 e. The molecule has 1 aromatic heterocycles. The van der Waals surface area contributed by atoms with Gasteiger partial charge in [-0.15, -0.1) is 0 Å².